The zero-order chi connectivity index (χ0) is 11.7. The van der Waals surface area contributed by atoms with Crippen molar-refractivity contribution in [3.63, 3.8) is 0 Å². The van der Waals surface area contributed by atoms with Crippen LogP contribution in [0.3, 0.4) is 0 Å². The lowest BCUT2D eigenvalue weighted by atomic mass is 10.1. The summed E-state index contributed by atoms with van der Waals surface area (Å²) in [5.41, 5.74) is 1.67. The Bertz CT molecular complexity index is 436. The highest BCUT2D eigenvalue weighted by Crippen LogP contribution is 2.24. The first-order valence-corrected chi connectivity index (χ1v) is 5.86. The lowest BCUT2D eigenvalue weighted by Crippen LogP contribution is -2.36. The minimum atomic E-state index is 0.122. The first kappa shape index (κ1) is 11.6. The maximum absolute atomic E-state index is 11.6. The second-order valence-electron chi connectivity index (χ2n) is 3.63. The van der Waals surface area contributed by atoms with Crippen molar-refractivity contribution in [3.05, 3.63) is 21.7 Å². The van der Waals surface area contributed by atoms with E-state index in [1.807, 2.05) is 6.92 Å². The van der Waals surface area contributed by atoms with Crippen LogP contribution in [-0.2, 0) is 17.8 Å². The van der Waals surface area contributed by atoms with Crippen molar-refractivity contribution in [2.24, 2.45) is 0 Å². The standard InChI is InChI=1S/C10H11Cl2N3O/c1-2-8(16)15-4-3-6-7(5-15)13-10(12)14-9(6)11/h2-5H2,1H3. The maximum Gasteiger partial charge on any atom is 0.224 e. The van der Waals surface area contributed by atoms with E-state index >= 15 is 0 Å². The number of carbonyl (C=O) groups is 1. The number of amides is 1. The zero-order valence-corrected chi connectivity index (χ0v) is 10.3. The highest BCUT2D eigenvalue weighted by Gasteiger charge is 2.23. The summed E-state index contributed by atoms with van der Waals surface area (Å²) in [4.78, 5) is 21.3. The third-order valence-corrected chi connectivity index (χ3v) is 3.12. The molecule has 2 heterocycles. The number of aromatic nitrogens is 2. The molecule has 0 aromatic carbocycles. The molecule has 0 unspecified atom stereocenters. The van der Waals surface area contributed by atoms with Crippen LogP contribution in [-0.4, -0.2) is 27.3 Å². The second-order valence-corrected chi connectivity index (χ2v) is 4.32. The molecule has 0 spiro atoms. The maximum atomic E-state index is 11.6. The van der Waals surface area contributed by atoms with E-state index in [0.29, 0.717) is 31.1 Å². The number of fused-ring (bicyclic) bond motifs is 1. The minimum Gasteiger partial charge on any atom is -0.336 e. The van der Waals surface area contributed by atoms with Gasteiger partial charge < -0.3 is 4.90 Å². The van der Waals surface area contributed by atoms with Crippen molar-refractivity contribution in [2.75, 3.05) is 6.54 Å². The Morgan fingerprint density at radius 1 is 1.44 bits per heavy atom. The highest BCUT2D eigenvalue weighted by atomic mass is 35.5. The average molecular weight is 260 g/mol. The van der Waals surface area contributed by atoms with E-state index in [4.69, 9.17) is 23.2 Å². The molecule has 0 bridgehead atoms. The van der Waals surface area contributed by atoms with Gasteiger partial charge in [-0.2, -0.15) is 0 Å². The van der Waals surface area contributed by atoms with Gasteiger partial charge in [0.05, 0.1) is 12.2 Å². The van der Waals surface area contributed by atoms with Crippen LogP contribution in [0.5, 0.6) is 0 Å². The molecule has 0 N–H and O–H groups in total. The molecule has 0 radical (unpaired) electrons. The molecule has 0 saturated heterocycles. The van der Waals surface area contributed by atoms with Crippen LogP contribution >= 0.6 is 23.2 Å². The van der Waals surface area contributed by atoms with Crippen LogP contribution < -0.4 is 0 Å². The fraction of sp³-hybridized carbons (Fsp3) is 0.500. The van der Waals surface area contributed by atoms with E-state index in [0.717, 1.165) is 11.3 Å². The smallest absolute Gasteiger partial charge is 0.224 e. The van der Waals surface area contributed by atoms with Gasteiger partial charge >= 0.3 is 0 Å². The van der Waals surface area contributed by atoms with Gasteiger partial charge in [0.15, 0.2) is 0 Å². The molecule has 0 saturated carbocycles. The molecule has 0 aliphatic carbocycles. The van der Waals surface area contributed by atoms with Crippen molar-refractivity contribution >= 4 is 29.1 Å². The predicted octanol–water partition coefficient (Wildman–Crippen LogP) is 2.08. The monoisotopic (exact) mass is 259 g/mol. The number of carbonyl (C=O) groups excluding carboxylic acids is 1. The topological polar surface area (TPSA) is 46.1 Å². The molecule has 1 aromatic rings. The lowest BCUT2D eigenvalue weighted by molar-refractivity contribution is -0.131. The number of hydrogen-bond donors (Lipinski definition) is 0. The van der Waals surface area contributed by atoms with Crippen LogP contribution in [0.15, 0.2) is 0 Å². The Labute approximate surface area is 104 Å². The third kappa shape index (κ3) is 2.13. The Balaban J connectivity index is 2.30. The number of nitrogens with zero attached hydrogens (tertiary/aromatic N) is 3. The Morgan fingerprint density at radius 3 is 2.88 bits per heavy atom. The van der Waals surface area contributed by atoms with E-state index in [1.165, 1.54) is 0 Å². The van der Waals surface area contributed by atoms with E-state index in [2.05, 4.69) is 9.97 Å². The molecule has 1 amide bonds. The molecule has 16 heavy (non-hydrogen) atoms. The van der Waals surface area contributed by atoms with Crippen molar-refractivity contribution in [1.82, 2.24) is 14.9 Å². The predicted molar refractivity (Wildman–Crippen MR) is 61.5 cm³/mol. The molecule has 86 valence electrons. The summed E-state index contributed by atoms with van der Waals surface area (Å²) in [5.74, 6) is 0.122. The van der Waals surface area contributed by atoms with Crippen molar-refractivity contribution in [2.45, 2.75) is 26.3 Å². The van der Waals surface area contributed by atoms with Crippen LogP contribution in [0.25, 0.3) is 0 Å². The first-order chi connectivity index (χ1) is 7.61. The van der Waals surface area contributed by atoms with Crippen LogP contribution in [0, 0.1) is 0 Å². The molecular formula is C10H11Cl2N3O. The number of halogens is 2. The average Bonchev–Trinajstić information content (AvgIpc) is 2.27. The normalized spacial score (nSPS) is 14.8. The molecule has 1 aliphatic rings. The molecule has 0 fully saturated rings. The third-order valence-electron chi connectivity index (χ3n) is 2.64. The van der Waals surface area contributed by atoms with Gasteiger partial charge in [0.25, 0.3) is 0 Å². The van der Waals surface area contributed by atoms with E-state index < -0.39 is 0 Å². The summed E-state index contributed by atoms with van der Waals surface area (Å²) in [6.07, 6.45) is 1.19. The summed E-state index contributed by atoms with van der Waals surface area (Å²) >= 11 is 11.7. The summed E-state index contributed by atoms with van der Waals surface area (Å²) in [7, 11) is 0. The summed E-state index contributed by atoms with van der Waals surface area (Å²) in [6, 6.07) is 0. The van der Waals surface area contributed by atoms with Gasteiger partial charge in [-0.3, -0.25) is 4.79 Å². The van der Waals surface area contributed by atoms with Gasteiger partial charge in [-0.25, -0.2) is 9.97 Å². The van der Waals surface area contributed by atoms with Crippen molar-refractivity contribution in [1.29, 1.82) is 0 Å². The van der Waals surface area contributed by atoms with Crippen molar-refractivity contribution in [3.8, 4) is 0 Å². The van der Waals surface area contributed by atoms with Gasteiger partial charge in [-0.05, 0) is 18.0 Å². The Hall–Kier alpha value is -0.870. The van der Waals surface area contributed by atoms with E-state index in [1.54, 1.807) is 4.90 Å². The van der Waals surface area contributed by atoms with Gasteiger partial charge in [-0.1, -0.05) is 18.5 Å². The molecule has 1 aromatic heterocycles. The zero-order valence-electron chi connectivity index (χ0n) is 8.83. The van der Waals surface area contributed by atoms with E-state index in [9.17, 15) is 4.79 Å². The Morgan fingerprint density at radius 2 is 2.19 bits per heavy atom. The van der Waals surface area contributed by atoms with Crippen molar-refractivity contribution < 1.29 is 4.79 Å². The van der Waals surface area contributed by atoms with Gasteiger partial charge in [0.2, 0.25) is 11.2 Å². The van der Waals surface area contributed by atoms with Gasteiger partial charge in [0.1, 0.15) is 5.15 Å². The minimum absolute atomic E-state index is 0.122. The van der Waals surface area contributed by atoms with E-state index in [-0.39, 0.29) is 11.2 Å². The summed E-state index contributed by atoms with van der Waals surface area (Å²) in [5, 5.41) is 0.535. The first-order valence-electron chi connectivity index (χ1n) is 5.10. The van der Waals surface area contributed by atoms with Gasteiger partial charge in [0, 0.05) is 18.5 Å². The Kier molecular flexibility index (Phi) is 3.30. The molecular weight excluding hydrogens is 249 g/mol. The molecule has 1 aliphatic heterocycles. The SMILES string of the molecule is CCC(=O)N1CCc2c(Cl)nc(Cl)nc2C1. The second kappa shape index (κ2) is 4.55. The fourth-order valence-electron chi connectivity index (χ4n) is 1.79. The molecule has 4 nitrogen and oxygen atoms in total. The number of hydrogen-bond acceptors (Lipinski definition) is 3. The largest absolute Gasteiger partial charge is 0.336 e. The summed E-state index contributed by atoms with van der Waals surface area (Å²) < 4.78 is 0. The molecule has 0 atom stereocenters. The van der Waals surface area contributed by atoms with Gasteiger partial charge in [-0.15, -0.1) is 0 Å². The molecule has 6 heteroatoms. The fourth-order valence-corrected chi connectivity index (χ4v) is 2.31. The molecule has 2 rings (SSSR count). The summed E-state index contributed by atoms with van der Waals surface area (Å²) in [6.45, 7) is 2.99. The quantitative estimate of drug-likeness (QED) is 0.573. The van der Waals surface area contributed by atoms with Crippen LogP contribution in [0.2, 0.25) is 10.4 Å². The highest BCUT2D eigenvalue weighted by molar-refractivity contribution is 6.32. The lowest BCUT2D eigenvalue weighted by Gasteiger charge is -2.28. The number of rotatable bonds is 1. The van der Waals surface area contributed by atoms with Crippen LogP contribution in [0.4, 0.5) is 0 Å². The van der Waals surface area contributed by atoms with Crippen LogP contribution in [0.1, 0.15) is 24.6 Å².